The molecule has 0 spiro atoms. The quantitative estimate of drug-likeness (QED) is 0.795. The average Bonchev–Trinajstić information content (AvgIpc) is 2.47. The lowest BCUT2D eigenvalue weighted by Gasteiger charge is -2.30. The topological polar surface area (TPSA) is 70.4 Å². The number of nitrogens with zero attached hydrogens (tertiary/aromatic N) is 2. The van der Waals surface area contributed by atoms with E-state index in [4.69, 9.17) is 9.47 Å². The molecule has 0 amide bonds. The minimum Gasteiger partial charge on any atom is -0.467 e. The summed E-state index contributed by atoms with van der Waals surface area (Å²) < 4.78 is 12.2. The van der Waals surface area contributed by atoms with Crippen LogP contribution in [0.25, 0.3) is 5.70 Å². The highest BCUT2D eigenvalue weighted by molar-refractivity contribution is 5.73. The second-order valence-corrected chi connectivity index (χ2v) is 5.73. The molecule has 0 radical (unpaired) electrons. The van der Waals surface area contributed by atoms with E-state index < -0.39 is 17.1 Å². The maximum atomic E-state index is 12.6. The van der Waals surface area contributed by atoms with Gasteiger partial charge in [0.15, 0.2) is 5.75 Å². The van der Waals surface area contributed by atoms with E-state index in [1.54, 1.807) is 24.5 Å². The zero-order valence-corrected chi connectivity index (χ0v) is 13.1. The van der Waals surface area contributed by atoms with Gasteiger partial charge in [0.25, 0.3) is 5.56 Å². The summed E-state index contributed by atoms with van der Waals surface area (Å²) in [5.74, 6) is -0.0985. The summed E-state index contributed by atoms with van der Waals surface area (Å²) in [6, 6.07) is 6.72. The predicted molar refractivity (Wildman–Crippen MR) is 84.3 cm³/mol. The fourth-order valence-corrected chi connectivity index (χ4v) is 2.45. The Morgan fingerprint density at radius 3 is 2.83 bits per heavy atom. The Hall–Kier alpha value is -2.89. The maximum Gasteiger partial charge on any atom is 0.308 e. The van der Waals surface area contributed by atoms with Crippen LogP contribution in [0.1, 0.15) is 26.3 Å². The largest absolute Gasteiger partial charge is 0.467 e. The van der Waals surface area contributed by atoms with Crippen molar-refractivity contribution >= 4 is 11.7 Å². The molecule has 0 fully saturated rings. The first-order chi connectivity index (χ1) is 10.9. The van der Waals surface area contributed by atoms with Crippen molar-refractivity contribution < 1.29 is 14.3 Å². The van der Waals surface area contributed by atoms with Gasteiger partial charge in [0.05, 0.1) is 11.3 Å². The summed E-state index contributed by atoms with van der Waals surface area (Å²) in [6.45, 7) is 5.02. The fraction of sp³-hybridized carbons (Fsp3) is 0.235. The first-order valence-electron chi connectivity index (χ1n) is 7.15. The highest BCUT2D eigenvalue weighted by Crippen LogP contribution is 2.34. The summed E-state index contributed by atoms with van der Waals surface area (Å²) in [6.07, 6.45) is 5.10. The number of rotatable bonds is 2. The zero-order chi connectivity index (χ0) is 16.6. The first-order valence-corrected chi connectivity index (χ1v) is 7.15. The van der Waals surface area contributed by atoms with Crippen LogP contribution in [0.15, 0.2) is 47.5 Å². The number of esters is 1. The molecule has 6 nitrogen and oxygen atoms in total. The Labute approximate surface area is 133 Å². The number of pyridine rings is 2. The van der Waals surface area contributed by atoms with Crippen molar-refractivity contribution in [3.63, 3.8) is 0 Å². The van der Waals surface area contributed by atoms with Gasteiger partial charge in [0.2, 0.25) is 5.88 Å². The molecule has 0 aromatic carbocycles. The van der Waals surface area contributed by atoms with Crippen molar-refractivity contribution in [1.29, 1.82) is 0 Å². The minimum atomic E-state index is -0.617. The fourth-order valence-electron chi connectivity index (χ4n) is 2.45. The molecular weight excluding hydrogens is 296 g/mol. The van der Waals surface area contributed by atoms with E-state index in [-0.39, 0.29) is 5.75 Å². The van der Waals surface area contributed by atoms with Crippen LogP contribution in [0.3, 0.4) is 0 Å². The van der Waals surface area contributed by atoms with Crippen molar-refractivity contribution in [2.75, 3.05) is 0 Å². The van der Waals surface area contributed by atoms with Gasteiger partial charge >= 0.3 is 5.97 Å². The standard InChI is InChI=1S/C17H16N2O4/c1-11(20)22-14-7-5-9-19(16(14)21)13-10-17(2,3)23-15-12(13)6-4-8-18-15/h4-10H,1-3H3. The number of carbonyl (C=O) groups is 1. The van der Waals surface area contributed by atoms with Crippen LogP contribution in [-0.4, -0.2) is 21.1 Å². The summed E-state index contributed by atoms with van der Waals surface area (Å²) in [4.78, 5) is 28.0. The van der Waals surface area contributed by atoms with Crippen molar-refractivity contribution in [3.05, 3.63) is 58.7 Å². The van der Waals surface area contributed by atoms with E-state index in [0.29, 0.717) is 17.1 Å². The van der Waals surface area contributed by atoms with Crippen molar-refractivity contribution in [3.8, 4) is 11.6 Å². The van der Waals surface area contributed by atoms with Crippen LogP contribution in [0.4, 0.5) is 0 Å². The van der Waals surface area contributed by atoms with E-state index in [9.17, 15) is 9.59 Å². The van der Waals surface area contributed by atoms with E-state index in [2.05, 4.69) is 4.98 Å². The number of hydrogen-bond donors (Lipinski definition) is 0. The molecule has 23 heavy (non-hydrogen) atoms. The Kier molecular flexibility index (Phi) is 3.52. The molecule has 1 aliphatic rings. The second kappa shape index (κ2) is 5.39. The maximum absolute atomic E-state index is 12.6. The highest BCUT2D eigenvalue weighted by Gasteiger charge is 2.28. The molecule has 0 saturated carbocycles. The van der Waals surface area contributed by atoms with Crippen LogP contribution in [0.5, 0.6) is 11.6 Å². The highest BCUT2D eigenvalue weighted by atomic mass is 16.5. The van der Waals surface area contributed by atoms with Gasteiger partial charge in [0.1, 0.15) is 5.60 Å². The average molecular weight is 312 g/mol. The molecule has 3 heterocycles. The van der Waals surface area contributed by atoms with Gasteiger partial charge < -0.3 is 9.47 Å². The molecule has 1 aliphatic heterocycles. The molecule has 0 unspecified atom stereocenters. The van der Waals surface area contributed by atoms with Crippen molar-refractivity contribution in [2.45, 2.75) is 26.4 Å². The van der Waals surface area contributed by atoms with Crippen molar-refractivity contribution in [1.82, 2.24) is 9.55 Å². The summed E-state index contributed by atoms with van der Waals surface area (Å²) in [5, 5.41) is 0. The van der Waals surface area contributed by atoms with E-state index >= 15 is 0 Å². The van der Waals surface area contributed by atoms with Crippen LogP contribution in [0, 0.1) is 0 Å². The van der Waals surface area contributed by atoms with Crippen LogP contribution in [-0.2, 0) is 4.79 Å². The van der Waals surface area contributed by atoms with E-state index in [1.165, 1.54) is 17.6 Å². The van der Waals surface area contributed by atoms with Gasteiger partial charge in [-0.2, -0.15) is 0 Å². The molecule has 3 rings (SSSR count). The molecule has 0 N–H and O–H groups in total. The lowest BCUT2D eigenvalue weighted by Crippen LogP contribution is -2.33. The monoisotopic (exact) mass is 312 g/mol. The normalized spacial score (nSPS) is 15.2. The Morgan fingerprint density at radius 2 is 2.09 bits per heavy atom. The number of carbonyl (C=O) groups excluding carboxylic acids is 1. The molecule has 0 atom stereocenters. The number of fused-ring (bicyclic) bond motifs is 1. The first kappa shape index (κ1) is 15.0. The molecule has 0 saturated heterocycles. The van der Waals surface area contributed by atoms with Crippen molar-refractivity contribution in [2.24, 2.45) is 0 Å². The SMILES string of the molecule is CC(=O)Oc1cccn(C2=CC(C)(C)Oc3ncccc32)c1=O. The summed E-state index contributed by atoms with van der Waals surface area (Å²) >= 11 is 0. The number of hydrogen-bond acceptors (Lipinski definition) is 5. The lowest BCUT2D eigenvalue weighted by atomic mass is 10.0. The molecule has 2 aromatic heterocycles. The Balaban J connectivity index is 2.19. The van der Waals surface area contributed by atoms with Gasteiger partial charge in [-0.05, 0) is 44.2 Å². The van der Waals surface area contributed by atoms with E-state index in [1.807, 2.05) is 26.0 Å². The van der Waals surface area contributed by atoms with Gasteiger partial charge in [-0.25, -0.2) is 4.98 Å². The molecule has 0 aliphatic carbocycles. The lowest BCUT2D eigenvalue weighted by molar-refractivity contribution is -0.132. The molecule has 0 bridgehead atoms. The third-order valence-corrected chi connectivity index (χ3v) is 3.32. The number of aromatic nitrogens is 2. The van der Waals surface area contributed by atoms with E-state index in [0.717, 1.165) is 0 Å². The summed E-state index contributed by atoms with van der Waals surface area (Å²) in [5.41, 5.74) is 0.312. The number of ether oxygens (including phenoxy) is 2. The molecule has 118 valence electrons. The Bertz CT molecular complexity index is 865. The van der Waals surface area contributed by atoms with Gasteiger partial charge in [0, 0.05) is 19.3 Å². The van der Waals surface area contributed by atoms with Gasteiger partial charge in [-0.3, -0.25) is 14.2 Å². The molecule has 6 heteroatoms. The summed E-state index contributed by atoms with van der Waals surface area (Å²) in [7, 11) is 0. The van der Waals surface area contributed by atoms with Gasteiger partial charge in [-0.1, -0.05) is 0 Å². The minimum absolute atomic E-state index is 0.0179. The third kappa shape index (κ3) is 2.88. The molecule has 2 aromatic rings. The second-order valence-electron chi connectivity index (χ2n) is 5.73. The molecular formula is C17H16N2O4. The van der Waals surface area contributed by atoms with Gasteiger partial charge in [-0.15, -0.1) is 0 Å². The smallest absolute Gasteiger partial charge is 0.308 e. The zero-order valence-electron chi connectivity index (χ0n) is 13.1. The third-order valence-electron chi connectivity index (χ3n) is 3.32. The predicted octanol–water partition coefficient (Wildman–Crippen LogP) is 2.23. The van der Waals surface area contributed by atoms with Crippen LogP contribution in [0.2, 0.25) is 0 Å². The Morgan fingerprint density at radius 1 is 1.30 bits per heavy atom. The van der Waals surface area contributed by atoms with Crippen LogP contribution >= 0.6 is 0 Å². The van der Waals surface area contributed by atoms with Crippen LogP contribution < -0.4 is 15.0 Å².